The van der Waals surface area contributed by atoms with Crippen molar-refractivity contribution in [3.8, 4) is 11.5 Å². The minimum absolute atomic E-state index is 0.00412. The lowest BCUT2D eigenvalue weighted by Crippen LogP contribution is -2.67. The van der Waals surface area contributed by atoms with Crippen LogP contribution in [0.3, 0.4) is 0 Å². The third-order valence-corrected chi connectivity index (χ3v) is 6.96. The molecule has 2 aromatic heterocycles. The van der Waals surface area contributed by atoms with Crippen LogP contribution in [0.1, 0.15) is 50.1 Å². The van der Waals surface area contributed by atoms with Crippen molar-refractivity contribution >= 4 is 11.6 Å². The minimum Gasteiger partial charge on any atom is -0.415 e. The number of pyridine rings is 1. The van der Waals surface area contributed by atoms with Crippen LogP contribution in [-0.2, 0) is 11.3 Å². The van der Waals surface area contributed by atoms with Gasteiger partial charge >= 0.3 is 6.43 Å². The number of likely N-dealkylation sites (tertiary alicyclic amines) is 1. The van der Waals surface area contributed by atoms with Gasteiger partial charge in [0.05, 0.1) is 17.8 Å². The molecule has 1 aromatic carbocycles. The lowest BCUT2D eigenvalue weighted by molar-refractivity contribution is -0.143. The van der Waals surface area contributed by atoms with Crippen LogP contribution in [0.5, 0.6) is 0 Å². The van der Waals surface area contributed by atoms with Crippen LogP contribution >= 0.6 is 0 Å². The van der Waals surface area contributed by atoms with Crippen molar-refractivity contribution in [2.24, 2.45) is 5.92 Å². The molecule has 37 heavy (non-hydrogen) atoms. The molecule has 2 aliphatic rings. The third kappa shape index (κ3) is 5.66. The summed E-state index contributed by atoms with van der Waals surface area (Å²) in [5, 5.41) is 6.88. The van der Waals surface area contributed by atoms with Gasteiger partial charge in [-0.15, -0.1) is 10.2 Å². The molecule has 3 heterocycles. The summed E-state index contributed by atoms with van der Waals surface area (Å²) in [6, 6.07) is 8.50. The molecule has 196 valence electrons. The molecule has 1 amide bonds. The molecule has 5 rings (SSSR count). The van der Waals surface area contributed by atoms with Gasteiger partial charge in [-0.25, -0.2) is 8.78 Å². The number of carbonyl (C=O) groups excluding carboxylic acids is 1. The van der Waals surface area contributed by atoms with Crippen molar-refractivity contribution in [3.63, 3.8) is 0 Å². The average Bonchev–Trinajstić information content (AvgIpc) is 3.38. The fourth-order valence-electron chi connectivity index (χ4n) is 5.07. The Morgan fingerprint density at radius 1 is 1.14 bits per heavy atom. The normalized spacial score (nSPS) is 18.1. The number of halogens is 4. The van der Waals surface area contributed by atoms with Crippen molar-refractivity contribution in [2.45, 2.75) is 50.7 Å². The quantitative estimate of drug-likeness (QED) is 0.375. The molecule has 0 spiro atoms. The van der Waals surface area contributed by atoms with Crippen LogP contribution < -0.4 is 4.90 Å². The Bertz CT molecular complexity index is 1220. The molecule has 0 unspecified atom stereocenters. The van der Waals surface area contributed by atoms with E-state index in [1.165, 1.54) is 54.6 Å². The van der Waals surface area contributed by atoms with Crippen LogP contribution in [-0.4, -0.2) is 51.3 Å². The highest BCUT2D eigenvalue weighted by molar-refractivity contribution is 6.00. The zero-order valence-electron chi connectivity index (χ0n) is 20.1. The smallest absolute Gasteiger partial charge is 0.314 e. The van der Waals surface area contributed by atoms with Crippen molar-refractivity contribution < 1.29 is 26.8 Å². The van der Waals surface area contributed by atoms with Gasteiger partial charge in [0.25, 0.3) is 11.8 Å². The number of anilines is 1. The van der Waals surface area contributed by atoms with E-state index >= 15 is 4.39 Å². The van der Waals surface area contributed by atoms with Crippen molar-refractivity contribution in [2.75, 3.05) is 24.5 Å². The minimum atomic E-state index is -2.89. The second-order valence-corrected chi connectivity index (χ2v) is 9.79. The summed E-state index contributed by atoms with van der Waals surface area (Å²) >= 11 is 0. The molecule has 0 N–H and O–H groups in total. The first-order valence-corrected chi connectivity index (χ1v) is 12.4. The predicted octanol–water partition coefficient (Wildman–Crippen LogP) is 5.35. The molecular weight excluding hydrogens is 490 g/mol. The molecule has 7 nitrogen and oxygen atoms in total. The van der Waals surface area contributed by atoms with Crippen molar-refractivity contribution in [1.29, 1.82) is 0 Å². The Morgan fingerprint density at radius 2 is 1.92 bits per heavy atom. The molecule has 1 aliphatic heterocycles. The van der Waals surface area contributed by atoms with Gasteiger partial charge < -0.3 is 9.32 Å². The predicted molar refractivity (Wildman–Crippen MR) is 127 cm³/mol. The fraction of sp³-hybridized carbons (Fsp3) is 0.462. The Hall–Kier alpha value is -3.34. The Labute approximate surface area is 211 Å². The molecule has 1 saturated carbocycles. The van der Waals surface area contributed by atoms with Crippen LogP contribution in [0.4, 0.5) is 23.2 Å². The summed E-state index contributed by atoms with van der Waals surface area (Å²) in [6.07, 6.45) is 4.34. The molecule has 1 saturated heterocycles. The highest BCUT2D eigenvalue weighted by Gasteiger charge is 2.52. The highest BCUT2D eigenvalue weighted by Crippen LogP contribution is 2.34. The highest BCUT2D eigenvalue weighted by atomic mass is 19.3. The monoisotopic (exact) mass is 517 g/mol. The Morgan fingerprint density at radius 3 is 2.57 bits per heavy atom. The zero-order valence-corrected chi connectivity index (χ0v) is 20.1. The Kier molecular flexibility index (Phi) is 7.23. The summed E-state index contributed by atoms with van der Waals surface area (Å²) in [6.45, 7) is 0.683. The van der Waals surface area contributed by atoms with E-state index in [1.807, 2.05) is 4.90 Å². The summed E-state index contributed by atoms with van der Waals surface area (Å²) in [5.41, 5.74) is -1.16. The van der Waals surface area contributed by atoms with Gasteiger partial charge in [-0.2, -0.15) is 8.78 Å². The van der Waals surface area contributed by atoms with Crippen LogP contribution in [0, 0.1) is 11.7 Å². The first-order chi connectivity index (χ1) is 17.8. The standard InChI is InChI=1S/C26H27F4N5O2/c27-19-7-4-8-21(11-19)35(25(36)26(30)15-34(16-26)13-17-5-2-1-3-6-17)14-20-10-9-18(12-31-20)23-32-33-24(37-23)22(28)29/h4,7-12,17,22H,1-3,5-6,13-16H2. The zero-order chi connectivity index (χ0) is 26.0. The summed E-state index contributed by atoms with van der Waals surface area (Å²) < 4.78 is 60.2. The fourth-order valence-corrected chi connectivity index (χ4v) is 5.07. The van der Waals surface area contributed by atoms with Gasteiger partial charge in [0.1, 0.15) is 5.82 Å². The molecule has 11 heteroatoms. The molecular formula is C26H27F4N5O2. The first-order valence-electron chi connectivity index (χ1n) is 12.4. The van der Waals surface area contributed by atoms with E-state index in [4.69, 9.17) is 4.42 Å². The van der Waals surface area contributed by atoms with Crippen molar-refractivity contribution in [1.82, 2.24) is 20.1 Å². The molecule has 1 aliphatic carbocycles. The van der Waals surface area contributed by atoms with E-state index in [2.05, 4.69) is 15.2 Å². The van der Waals surface area contributed by atoms with Gasteiger partial charge in [0, 0.05) is 31.5 Å². The number of alkyl halides is 3. The maximum atomic E-state index is 15.8. The lowest BCUT2D eigenvalue weighted by Gasteiger charge is -2.46. The summed E-state index contributed by atoms with van der Waals surface area (Å²) in [4.78, 5) is 20.9. The van der Waals surface area contributed by atoms with Gasteiger partial charge in [-0.05, 0) is 49.1 Å². The van der Waals surface area contributed by atoms with E-state index in [9.17, 15) is 18.0 Å². The molecule has 0 radical (unpaired) electrons. The lowest BCUT2D eigenvalue weighted by atomic mass is 9.86. The van der Waals surface area contributed by atoms with Gasteiger partial charge in [0.2, 0.25) is 11.6 Å². The number of aromatic nitrogens is 3. The average molecular weight is 518 g/mol. The number of nitrogens with zero attached hydrogens (tertiary/aromatic N) is 5. The van der Waals surface area contributed by atoms with Crippen molar-refractivity contribution in [3.05, 3.63) is 60.0 Å². The van der Waals surface area contributed by atoms with Crippen LogP contribution in [0.15, 0.2) is 47.0 Å². The van der Waals surface area contributed by atoms with Crippen LogP contribution in [0.2, 0.25) is 0 Å². The van der Waals surface area contributed by atoms with Gasteiger partial charge in [-0.3, -0.25) is 14.7 Å². The topological polar surface area (TPSA) is 75.4 Å². The largest absolute Gasteiger partial charge is 0.415 e. The third-order valence-electron chi connectivity index (χ3n) is 6.96. The van der Waals surface area contributed by atoms with Crippen LogP contribution in [0.25, 0.3) is 11.5 Å². The maximum Gasteiger partial charge on any atom is 0.314 e. The van der Waals surface area contributed by atoms with E-state index in [-0.39, 0.29) is 31.2 Å². The number of rotatable bonds is 8. The number of hydrogen-bond acceptors (Lipinski definition) is 6. The number of carbonyl (C=O) groups is 1. The molecule has 3 aromatic rings. The van der Waals surface area contributed by atoms with Gasteiger partial charge in [0.15, 0.2) is 0 Å². The summed E-state index contributed by atoms with van der Waals surface area (Å²) in [5.74, 6) is -1.69. The number of hydrogen-bond donors (Lipinski definition) is 0. The second-order valence-electron chi connectivity index (χ2n) is 9.79. The Balaban J connectivity index is 1.31. The van der Waals surface area contributed by atoms with E-state index in [1.54, 1.807) is 12.1 Å². The van der Waals surface area contributed by atoms with E-state index in [0.29, 0.717) is 17.2 Å². The SMILES string of the molecule is O=C(N(Cc1ccc(-c2nnc(C(F)F)o2)cn1)c1cccc(F)c1)C1(F)CN(CC2CCCCC2)C1. The van der Waals surface area contributed by atoms with E-state index < -0.39 is 29.7 Å². The number of benzene rings is 1. The molecule has 0 bridgehead atoms. The van der Waals surface area contributed by atoms with E-state index in [0.717, 1.165) is 19.4 Å². The van der Waals surface area contributed by atoms with Gasteiger partial charge in [-0.1, -0.05) is 25.3 Å². The maximum absolute atomic E-state index is 15.8. The second kappa shape index (κ2) is 10.6. The first kappa shape index (κ1) is 25.3. The molecule has 2 fully saturated rings. The number of amides is 1. The summed E-state index contributed by atoms with van der Waals surface area (Å²) in [7, 11) is 0. The molecule has 0 atom stereocenters.